The lowest BCUT2D eigenvalue weighted by Gasteiger charge is -2.34. The Kier molecular flexibility index (Phi) is 5.19. The first-order chi connectivity index (χ1) is 14.7. The van der Waals surface area contributed by atoms with Crippen LogP contribution in [0.15, 0.2) is 24.4 Å². The largest absolute Gasteiger partial charge is 0.356 e. The molecule has 5 heterocycles. The molecule has 5 rings (SSSR count). The highest BCUT2D eigenvalue weighted by Crippen LogP contribution is 2.32. The number of aryl methyl sites for hydroxylation is 2. The van der Waals surface area contributed by atoms with Crippen LogP contribution in [-0.4, -0.2) is 42.8 Å². The Hall–Kier alpha value is -2.83. The first-order valence-corrected chi connectivity index (χ1v) is 11.1. The molecule has 3 aromatic heterocycles. The van der Waals surface area contributed by atoms with E-state index in [4.69, 9.17) is 9.97 Å². The summed E-state index contributed by atoms with van der Waals surface area (Å²) in [6.45, 7) is 7.18. The molecule has 0 amide bonds. The van der Waals surface area contributed by atoms with E-state index in [1.165, 1.54) is 30.9 Å². The van der Waals surface area contributed by atoms with Gasteiger partial charge in [0, 0.05) is 49.4 Å². The summed E-state index contributed by atoms with van der Waals surface area (Å²) in [5.41, 5.74) is 2.98. The fourth-order valence-electron chi connectivity index (χ4n) is 4.72. The SMILES string of the molecule is Cc1nc(-c2ccccn2)nc(N2CCCC(c3nnc4n3CCCCC4)C2)c1C. The maximum Gasteiger partial charge on any atom is 0.180 e. The molecule has 1 atom stereocenters. The van der Waals surface area contributed by atoms with E-state index in [1.807, 2.05) is 18.2 Å². The number of nitrogens with zero attached hydrogens (tertiary/aromatic N) is 7. The maximum absolute atomic E-state index is 4.95. The number of rotatable bonds is 3. The molecule has 0 saturated carbocycles. The summed E-state index contributed by atoms with van der Waals surface area (Å²) < 4.78 is 2.40. The van der Waals surface area contributed by atoms with Crippen LogP contribution < -0.4 is 4.90 Å². The smallest absolute Gasteiger partial charge is 0.180 e. The summed E-state index contributed by atoms with van der Waals surface area (Å²) in [4.78, 5) is 16.5. The van der Waals surface area contributed by atoms with Crippen molar-refractivity contribution in [1.82, 2.24) is 29.7 Å². The maximum atomic E-state index is 4.95. The molecule has 0 aromatic carbocycles. The van der Waals surface area contributed by atoms with Gasteiger partial charge in [0.15, 0.2) is 5.82 Å². The van der Waals surface area contributed by atoms with Crippen molar-refractivity contribution in [2.45, 2.75) is 64.8 Å². The third-order valence-corrected chi connectivity index (χ3v) is 6.48. The summed E-state index contributed by atoms with van der Waals surface area (Å²) in [6.07, 6.45) is 8.88. The molecule has 0 N–H and O–H groups in total. The summed E-state index contributed by atoms with van der Waals surface area (Å²) in [6, 6.07) is 5.87. The Morgan fingerprint density at radius 3 is 2.77 bits per heavy atom. The van der Waals surface area contributed by atoms with Gasteiger partial charge in [-0.15, -0.1) is 10.2 Å². The van der Waals surface area contributed by atoms with Crippen molar-refractivity contribution >= 4 is 5.82 Å². The number of piperidine rings is 1. The van der Waals surface area contributed by atoms with Crippen molar-refractivity contribution in [3.63, 3.8) is 0 Å². The van der Waals surface area contributed by atoms with Crippen LogP contribution in [0.25, 0.3) is 11.5 Å². The standard InChI is InChI=1S/C23H29N7/c1-16-17(2)25-21(19-10-5-6-12-24-19)26-22(16)29-13-8-9-18(15-29)23-28-27-20-11-4-3-7-14-30(20)23/h5-6,10,12,18H,3-4,7-9,11,13-15H2,1-2H3. The first-order valence-electron chi connectivity index (χ1n) is 11.1. The quantitative estimate of drug-likeness (QED) is 0.661. The molecule has 1 fully saturated rings. The Morgan fingerprint density at radius 2 is 1.90 bits per heavy atom. The van der Waals surface area contributed by atoms with Gasteiger partial charge in [0.25, 0.3) is 0 Å². The number of fused-ring (bicyclic) bond motifs is 1. The Morgan fingerprint density at radius 1 is 0.967 bits per heavy atom. The summed E-state index contributed by atoms with van der Waals surface area (Å²) in [5.74, 6) is 4.47. The lowest BCUT2D eigenvalue weighted by Crippen LogP contribution is -2.36. The molecule has 7 nitrogen and oxygen atoms in total. The number of aromatic nitrogens is 6. The highest BCUT2D eigenvalue weighted by atomic mass is 15.3. The molecule has 3 aromatic rings. The van der Waals surface area contributed by atoms with Gasteiger partial charge in [0.1, 0.15) is 23.2 Å². The number of pyridine rings is 1. The minimum Gasteiger partial charge on any atom is -0.356 e. The van der Waals surface area contributed by atoms with Crippen molar-refractivity contribution in [2.75, 3.05) is 18.0 Å². The van der Waals surface area contributed by atoms with Gasteiger partial charge in [-0.2, -0.15) is 0 Å². The molecule has 0 radical (unpaired) electrons. The molecule has 2 aliphatic rings. The van der Waals surface area contributed by atoms with Crippen molar-refractivity contribution in [3.8, 4) is 11.5 Å². The van der Waals surface area contributed by atoms with Gasteiger partial charge in [-0.05, 0) is 51.7 Å². The molecule has 0 bridgehead atoms. The summed E-state index contributed by atoms with van der Waals surface area (Å²) >= 11 is 0. The van der Waals surface area contributed by atoms with E-state index in [9.17, 15) is 0 Å². The second kappa shape index (κ2) is 8.13. The predicted molar refractivity (Wildman–Crippen MR) is 117 cm³/mol. The van der Waals surface area contributed by atoms with Crippen molar-refractivity contribution in [3.05, 3.63) is 47.3 Å². The van der Waals surface area contributed by atoms with Crippen LogP contribution in [0.2, 0.25) is 0 Å². The molecule has 156 valence electrons. The summed E-state index contributed by atoms with van der Waals surface area (Å²) in [7, 11) is 0. The van der Waals surface area contributed by atoms with Crippen LogP contribution in [0.5, 0.6) is 0 Å². The van der Waals surface area contributed by atoms with Crippen molar-refractivity contribution < 1.29 is 0 Å². The van der Waals surface area contributed by atoms with E-state index in [0.717, 1.165) is 61.7 Å². The Balaban J connectivity index is 1.46. The number of hydrogen-bond acceptors (Lipinski definition) is 6. The van der Waals surface area contributed by atoms with Gasteiger partial charge in [-0.1, -0.05) is 12.5 Å². The second-order valence-electron chi connectivity index (χ2n) is 8.52. The third kappa shape index (κ3) is 3.57. The van der Waals surface area contributed by atoms with Crippen LogP contribution >= 0.6 is 0 Å². The van der Waals surface area contributed by atoms with Gasteiger partial charge in [-0.25, -0.2) is 9.97 Å². The molecule has 1 unspecified atom stereocenters. The zero-order valence-electron chi connectivity index (χ0n) is 17.9. The third-order valence-electron chi connectivity index (χ3n) is 6.48. The molecule has 0 aliphatic carbocycles. The molecule has 30 heavy (non-hydrogen) atoms. The average Bonchev–Trinajstić information content (AvgIpc) is 3.04. The fourth-order valence-corrected chi connectivity index (χ4v) is 4.72. The molecule has 0 spiro atoms. The van der Waals surface area contributed by atoms with Gasteiger partial charge in [0.2, 0.25) is 0 Å². The highest BCUT2D eigenvalue weighted by Gasteiger charge is 2.29. The highest BCUT2D eigenvalue weighted by molar-refractivity contribution is 5.57. The van der Waals surface area contributed by atoms with E-state index < -0.39 is 0 Å². The fraction of sp³-hybridized carbons (Fsp3) is 0.522. The van der Waals surface area contributed by atoms with Crippen molar-refractivity contribution in [1.29, 1.82) is 0 Å². The number of anilines is 1. The molecule has 1 saturated heterocycles. The zero-order valence-corrected chi connectivity index (χ0v) is 17.9. The van der Waals surface area contributed by atoms with Crippen molar-refractivity contribution in [2.24, 2.45) is 0 Å². The van der Waals surface area contributed by atoms with Gasteiger partial charge in [-0.3, -0.25) is 4.98 Å². The Labute approximate surface area is 177 Å². The molecule has 7 heteroatoms. The average molecular weight is 404 g/mol. The van der Waals surface area contributed by atoms with Gasteiger partial charge < -0.3 is 9.47 Å². The van der Waals surface area contributed by atoms with E-state index in [0.29, 0.717) is 11.7 Å². The van der Waals surface area contributed by atoms with Crippen LogP contribution in [0.3, 0.4) is 0 Å². The van der Waals surface area contributed by atoms with E-state index in [-0.39, 0.29) is 0 Å². The number of hydrogen-bond donors (Lipinski definition) is 0. The van der Waals surface area contributed by atoms with E-state index >= 15 is 0 Å². The van der Waals surface area contributed by atoms with Crippen LogP contribution in [0.1, 0.15) is 60.9 Å². The molecule has 2 aliphatic heterocycles. The zero-order chi connectivity index (χ0) is 20.5. The van der Waals surface area contributed by atoms with E-state index in [2.05, 4.69) is 38.5 Å². The lowest BCUT2D eigenvalue weighted by atomic mass is 9.96. The van der Waals surface area contributed by atoms with Gasteiger partial charge >= 0.3 is 0 Å². The molecular formula is C23H29N7. The predicted octanol–water partition coefficient (Wildman–Crippen LogP) is 3.86. The van der Waals surface area contributed by atoms with Crippen LogP contribution in [0.4, 0.5) is 5.82 Å². The minimum atomic E-state index is 0.395. The van der Waals surface area contributed by atoms with Crippen LogP contribution in [-0.2, 0) is 13.0 Å². The molecular weight excluding hydrogens is 374 g/mol. The Bertz CT molecular complexity index is 1030. The normalized spacial score (nSPS) is 19.4. The second-order valence-corrected chi connectivity index (χ2v) is 8.52. The summed E-state index contributed by atoms with van der Waals surface area (Å²) in [5, 5.41) is 9.18. The lowest BCUT2D eigenvalue weighted by molar-refractivity contribution is 0.463. The first kappa shape index (κ1) is 19.2. The topological polar surface area (TPSA) is 72.6 Å². The van der Waals surface area contributed by atoms with E-state index in [1.54, 1.807) is 6.20 Å². The minimum absolute atomic E-state index is 0.395. The van der Waals surface area contributed by atoms with Crippen LogP contribution in [0, 0.1) is 13.8 Å². The monoisotopic (exact) mass is 403 g/mol. The van der Waals surface area contributed by atoms with Gasteiger partial charge in [0.05, 0.1) is 0 Å².